The van der Waals surface area contributed by atoms with E-state index < -0.39 is 5.97 Å². The zero-order valence-electron chi connectivity index (χ0n) is 10.6. The smallest absolute Gasteiger partial charge is 0.339 e. The SMILES string of the molecule is O=C(O)c1cccnc1NC1CCc2ncc(Br)n2C1. The summed E-state index contributed by atoms with van der Waals surface area (Å²) in [7, 11) is 0. The van der Waals surface area contributed by atoms with Gasteiger partial charge in [-0.2, -0.15) is 0 Å². The molecular formula is C13H13BrN4O2. The van der Waals surface area contributed by atoms with E-state index in [1.807, 2.05) is 0 Å². The fourth-order valence-corrected chi connectivity index (χ4v) is 2.85. The number of nitrogens with zero attached hydrogens (tertiary/aromatic N) is 3. The molecule has 0 fully saturated rings. The zero-order chi connectivity index (χ0) is 14.1. The molecule has 0 amide bonds. The van der Waals surface area contributed by atoms with Gasteiger partial charge in [-0.15, -0.1) is 0 Å². The van der Waals surface area contributed by atoms with Crippen LogP contribution in [0.25, 0.3) is 0 Å². The Kier molecular flexibility index (Phi) is 3.43. The van der Waals surface area contributed by atoms with Gasteiger partial charge in [-0.25, -0.2) is 14.8 Å². The van der Waals surface area contributed by atoms with Gasteiger partial charge in [0.2, 0.25) is 0 Å². The van der Waals surface area contributed by atoms with Crippen molar-refractivity contribution in [1.82, 2.24) is 14.5 Å². The van der Waals surface area contributed by atoms with Crippen LogP contribution in [0.15, 0.2) is 29.1 Å². The van der Waals surface area contributed by atoms with Crippen molar-refractivity contribution in [3.8, 4) is 0 Å². The first-order valence-corrected chi connectivity index (χ1v) is 7.09. The Morgan fingerprint density at radius 3 is 3.15 bits per heavy atom. The van der Waals surface area contributed by atoms with Crippen LogP contribution < -0.4 is 5.32 Å². The quantitative estimate of drug-likeness (QED) is 0.897. The van der Waals surface area contributed by atoms with Crippen molar-refractivity contribution in [3.63, 3.8) is 0 Å². The van der Waals surface area contributed by atoms with E-state index in [0.717, 1.165) is 29.8 Å². The minimum atomic E-state index is -0.971. The maximum Gasteiger partial charge on any atom is 0.339 e. The summed E-state index contributed by atoms with van der Waals surface area (Å²) < 4.78 is 3.03. The van der Waals surface area contributed by atoms with Crippen molar-refractivity contribution in [2.75, 3.05) is 5.32 Å². The Balaban J connectivity index is 1.80. The average Bonchev–Trinajstić information content (AvgIpc) is 2.81. The minimum absolute atomic E-state index is 0.140. The van der Waals surface area contributed by atoms with E-state index in [-0.39, 0.29) is 11.6 Å². The van der Waals surface area contributed by atoms with Gasteiger partial charge in [0.25, 0.3) is 0 Å². The monoisotopic (exact) mass is 336 g/mol. The van der Waals surface area contributed by atoms with Gasteiger partial charge in [-0.05, 0) is 34.5 Å². The van der Waals surface area contributed by atoms with Crippen LogP contribution in [-0.4, -0.2) is 31.7 Å². The van der Waals surface area contributed by atoms with E-state index in [4.69, 9.17) is 5.11 Å². The maximum atomic E-state index is 11.2. The summed E-state index contributed by atoms with van der Waals surface area (Å²) in [5.41, 5.74) is 0.197. The van der Waals surface area contributed by atoms with Gasteiger partial charge in [-0.3, -0.25) is 0 Å². The lowest BCUT2D eigenvalue weighted by atomic mass is 10.1. The number of carbonyl (C=O) groups is 1. The fourth-order valence-electron chi connectivity index (χ4n) is 2.40. The number of carboxylic acids is 1. The third-order valence-corrected chi connectivity index (χ3v) is 4.02. The Morgan fingerprint density at radius 2 is 2.35 bits per heavy atom. The van der Waals surface area contributed by atoms with Crippen LogP contribution in [0.2, 0.25) is 0 Å². The lowest BCUT2D eigenvalue weighted by Crippen LogP contribution is -2.32. The Morgan fingerprint density at radius 1 is 1.50 bits per heavy atom. The Labute approximate surface area is 124 Å². The van der Waals surface area contributed by atoms with Crippen LogP contribution in [0, 0.1) is 0 Å². The second-order valence-electron chi connectivity index (χ2n) is 4.69. The first-order chi connectivity index (χ1) is 9.65. The second-order valence-corrected chi connectivity index (χ2v) is 5.50. The number of aromatic carboxylic acids is 1. The normalized spacial score (nSPS) is 17.6. The highest BCUT2D eigenvalue weighted by atomic mass is 79.9. The molecule has 3 heterocycles. The number of fused-ring (bicyclic) bond motifs is 1. The summed E-state index contributed by atoms with van der Waals surface area (Å²) in [6.45, 7) is 0.742. The Hall–Kier alpha value is -1.89. The molecular weight excluding hydrogens is 324 g/mol. The van der Waals surface area contributed by atoms with Crippen molar-refractivity contribution < 1.29 is 9.90 Å². The molecule has 2 aromatic heterocycles. The predicted octanol–water partition coefficient (Wildman–Crippen LogP) is 2.17. The van der Waals surface area contributed by atoms with Gasteiger partial charge in [0.05, 0.1) is 6.20 Å². The number of carboxylic acid groups (broad SMARTS) is 1. The Bertz CT molecular complexity index is 656. The molecule has 1 aliphatic heterocycles. The number of anilines is 1. The summed E-state index contributed by atoms with van der Waals surface area (Å²) in [5, 5.41) is 12.4. The molecule has 7 heteroatoms. The number of halogens is 1. The van der Waals surface area contributed by atoms with Gasteiger partial charge < -0.3 is 15.0 Å². The number of imidazole rings is 1. The van der Waals surface area contributed by atoms with Crippen LogP contribution in [0.4, 0.5) is 5.82 Å². The highest BCUT2D eigenvalue weighted by Crippen LogP contribution is 2.23. The topological polar surface area (TPSA) is 80.0 Å². The summed E-state index contributed by atoms with van der Waals surface area (Å²) in [5.74, 6) is 0.500. The van der Waals surface area contributed by atoms with Crippen LogP contribution in [-0.2, 0) is 13.0 Å². The van der Waals surface area contributed by atoms with E-state index in [1.54, 1.807) is 24.5 Å². The first-order valence-electron chi connectivity index (χ1n) is 6.30. The molecule has 0 spiro atoms. The van der Waals surface area contributed by atoms with E-state index >= 15 is 0 Å². The molecule has 0 bridgehead atoms. The number of hydrogen-bond donors (Lipinski definition) is 2. The number of aromatic nitrogens is 3. The molecule has 3 rings (SSSR count). The van der Waals surface area contributed by atoms with E-state index in [1.165, 1.54) is 0 Å². The molecule has 104 valence electrons. The van der Waals surface area contributed by atoms with Crippen LogP contribution in [0.1, 0.15) is 22.6 Å². The fraction of sp³-hybridized carbons (Fsp3) is 0.308. The molecule has 2 N–H and O–H groups in total. The highest BCUT2D eigenvalue weighted by molar-refractivity contribution is 9.10. The lowest BCUT2D eigenvalue weighted by molar-refractivity contribution is 0.0697. The second kappa shape index (κ2) is 5.24. The van der Waals surface area contributed by atoms with Gasteiger partial charge >= 0.3 is 5.97 Å². The molecule has 1 unspecified atom stereocenters. The van der Waals surface area contributed by atoms with E-state index in [2.05, 4.69) is 35.8 Å². The van der Waals surface area contributed by atoms with Gasteiger partial charge in [0.15, 0.2) is 0 Å². The summed E-state index contributed by atoms with van der Waals surface area (Å²) >= 11 is 3.47. The van der Waals surface area contributed by atoms with Crippen molar-refractivity contribution >= 4 is 27.7 Å². The zero-order valence-corrected chi connectivity index (χ0v) is 12.2. The predicted molar refractivity (Wildman–Crippen MR) is 76.9 cm³/mol. The molecule has 20 heavy (non-hydrogen) atoms. The average molecular weight is 337 g/mol. The van der Waals surface area contributed by atoms with Crippen molar-refractivity contribution in [1.29, 1.82) is 0 Å². The maximum absolute atomic E-state index is 11.2. The van der Waals surface area contributed by atoms with Crippen LogP contribution in [0.3, 0.4) is 0 Å². The molecule has 0 saturated carbocycles. The summed E-state index contributed by atoms with van der Waals surface area (Å²) in [6, 6.07) is 3.32. The first kappa shape index (κ1) is 13.1. The molecule has 6 nitrogen and oxygen atoms in total. The number of pyridine rings is 1. The minimum Gasteiger partial charge on any atom is -0.478 e. The number of rotatable bonds is 3. The third-order valence-electron chi connectivity index (χ3n) is 3.39. The highest BCUT2D eigenvalue weighted by Gasteiger charge is 2.22. The van der Waals surface area contributed by atoms with Gasteiger partial charge in [0.1, 0.15) is 21.8 Å². The molecule has 0 aliphatic carbocycles. The molecule has 0 radical (unpaired) electrons. The van der Waals surface area contributed by atoms with Crippen molar-refractivity contribution in [3.05, 3.63) is 40.5 Å². The number of nitrogens with one attached hydrogen (secondary N) is 1. The lowest BCUT2D eigenvalue weighted by Gasteiger charge is -2.26. The van der Waals surface area contributed by atoms with Crippen LogP contribution >= 0.6 is 15.9 Å². The van der Waals surface area contributed by atoms with Crippen LogP contribution in [0.5, 0.6) is 0 Å². The molecule has 0 aromatic carbocycles. The molecule has 1 atom stereocenters. The summed E-state index contributed by atoms with van der Waals surface area (Å²) in [6.07, 6.45) is 5.15. The number of aryl methyl sites for hydroxylation is 1. The molecule has 1 aliphatic rings. The van der Waals surface area contributed by atoms with Crippen molar-refractivity contribution in [2.45, 2.75) is 25.4 Å². The number of hydrogen-bond acceptors (Lipinski definition) is 4. The van der Waals surface area contributed by atoms with E-state index in [0.29, 0.717) is 5.82 Å². The third kappa shape index (κ3) is 2.40. The molecule has 0 saturated heterocycles. The standard InChI is InChI=1S/C13H13BrN4O2/c14-10-6-16-11-4-3-8(7-18(10)11)17-12-9(13(19)20)2-1-5-15-12/h1-2,5-6,8H,3-4,7H2,(H,15,17)(H,19,20). The largest absolute Gasteiger partial charge is 0.478 e. The van der Waals surface area contributed by atoms with Gasteiger partial charge in [0, 0.05) is 25.2 Å². The summed E-state index contributed by atoms with van der Waals surface area (Å²) in [4.78, 5) is 19.6. The van der Waals surface area contributed by atoms with Gasteiger partial charge in [-0.1, -0.05) is 0 Å². The van der Waals surface area contributed by atoms with E-state index in [9.17, 15) is 4.79 Å². The van der Waals surface area contributed by atoms with Crippen molar-refractivity contribution in [2.24, 2.45) is 0 Å². The molecule has 2 aromatic rings.